The summed E-state index contributed by atoms with van der Waals surface area (Å²) in [4.78, 5) is 27.1. The highest BCUT2D eigenvalue weighted by atomic mass is 32.1. The van der Waals surface area contributed by atoms with Gasteiger partial charge < -0.3 is 10.2 Å². The molecule has 0 radical (unpaired) electrons. The number of amides is 1. The fourth-order valence-electron chi connectivity index (χ4n) is 4.32. The van der Waals surface area contributed by atoms with Crippen molar-refractivity contribution in [1.29, 1.82) is 0 Å². The van der Waals surface area contributed by atoms with Crippen LogP contribution in [0.5, 0.6) is 0 Å². The molecule has 0 saturated carbocycles. The van der Waals surface area contributed by atoms with Gasteiger partial charge in [0.25, 0.3) is 5.91 Å². The van der Waals surface area contributed by atoms with Gasteiger partial charge in [0.2, 0.25) is 0 Å². The summed E-state index contributed by atoms with van der Waals surface area (Å²) < 4.78 is 2.08. The first kappa shape index (κ1) is 21.6. The number of pyridine rings is 2. The number of hydrogen-bond acceptors (Lipinski definition) is 5. The van der Waals surface area contributed by atoms with E-state index in [1.54, 1.807) is 11.3 Å². The van der Waals surface area contributed by atoms with E-state index in [1.165, 1.54) is 4.88 Å². The largest absolute Gasteiger partial charge is 0.368 e. The van der Waals surface area contributed by atoms with Gasteiger partial charge in [-0.2, -0.15) is 0 Å². The van der Waals surface area contributed by atoms with Crippen molar-refractivity contribution in [3.8, 4) is 10.6 Å². The minimum atomic E-state index is -0.0916. The average molecular weight is 460 g/mol. The van der Waals surface area contributed by atoms with E-state index in [9.17, 15) is 4.79 Å². The molecular weight excluding hydrogens is 430 g/mol. The lowest BCUT2D eigenvalue weighted by Crippen LogP contribution is -2.33. The van der Waals surface area contributed by atoms with Crippen LogP contribution in [0.3, 0.4) is 0 Å². The van der Waals surface area contributed by atoms with Crippen LogP contribution in [0.1, 0.15) is 46.3 Å². The number of aryl methyl sites for hydroxylation is 2. The third kappa shape index (κ3) is 4.50. The van der Waals surface area contributed by atoms with Gasteiger partial charge in [0.1, 0.15) is 0 Å². The number of fused-ring (bicyclic) bond motifs is 1. The Morgan fingerprint density at radius 2 is 1.94 bits per heavy atom. The third-order valence-corrected chi connectivity index (χ3v) is 7.41. The van der Waals surface area contributed by atoms with E-state index in [-0.39, 0.29) is 5.91 Å². The van der Waals surface area contributed by atoms with Crippen LogP contribution in [0.4, 0.5) is 5.69 Å². The van der Waals surface area contributed by atoms with E-state index in [2.05, 4.69) is 45.6 Å². The number of hydrogen-bond donors (Lipinski definition) is 1. The zero-order valence-electron chi connectivity index (χ0n) is 19.3. The number of aromatic nitrogens is 3. The topological polar surface area (TPSA) is 62.5 Å². The van der Waals surface area contributed by atoms with Crippen molar-refractivity contribution >= 4 is 28.6 Å². The lowest BCUT2D eigenvalue weighted by molar-refractivity contribution is 0.0950. The van der Waals surface area contributed by atoms with Crippen LogP contribution in [-0.2, 0) is 6.54 Å². The minimum absolute atomic E-state index is 0.0916. The summed E-state index contributed by atoms with van der Waals surface area (Å²) >= 11 is 1.74. The molecule has 4 aromatic heterocycles. The molecule has 1 amide bonds. The Bertz CT molecular complexity index is 1280. The molecule has 5 rings (SSSR count). The Morgan fingerprint density at radius 3 is 2.64 bits per heavy atom. The highest BCUT2D eigenvalue weighted by Crippen LogP contribution is 2.33. The number of anilines is 1. The van der Waals surface area contributed by atoms with Gasteiger partial charge in [-0.05, 0) is 62.4 Å². The molecule has 0 spiro atoms. The van der Waals surface area contributed by atoms with E-state index < -0.39 is 0 Å². The number of nitrogens with zero attached hydrogens (tertiary/aromatic N) is 4. The van der Waals surface area contributed by atoms with E-state index in [4.69, 9.17) is 4.98 Å². The van der Waals surface area contributed by atoms with E-state index in [0.717, 1.165) is 65.0 Å². The maximum absolute atomic E-state index is 13.2. The van der Waals surface area contributed by atoms with Crippen LogP contribution in [0, 0.1) is 19.8 Å². The van der Waals surface area contributed by atoms with E-state index in [0.29, 0.717) is 12.1 Å². The number of piperidine rings is 1. The van der Waals surface area contributed by atoms with Crippen molar-refractivity contribution in [2.45, 2.75) is 40.2 Å². The zero-order valence-corrected chi connectivity index (χ0v) is 20.2. The molecule has 6 nitrogen and oxygen atoms in total. The number of nitrogens with one attached hydrogen (secondary N) is 1. The van der Waals surface area contributed by atoms with Crippen LogP contribution in [0.2, 0.25) is 0 Å². The number of rotatable bonds is 5. The van der Waals surface area contributed by atoms with Crippen molar-refractivity contribution in [3.63, 3.8) is 0 Å². The number of thiophene rings is 1. The lowest BCUT2D eigenvalue weighted by atomic mass is 9.99. The van der Waals surface area contributed by atoms with E-state index >= 15 is 0 Å². The molecular formula is C26H29N5OS. The molecule has 5 heterocycles. The van der Waals surface area contributed by atoms with Gasteiger partial charge >= 0.3 is 0 Å². The van der Waals surface area contributed by atoms with Gasteiger partial charge in [-0.3, -0.25) is 14.2 Å². The Labute approximate surface area is 198 Å². The monoisotopic (exact) mass is 459 g/mol. The predicted octanol–water partition coefficient (Wildman–Crippen LogP) is 5.24. The molecule has 170 valence electrons. The van der Waals surface area contributed by atoms with Crippen molar-refractivity contribution in [1.82, 2.24) is 19.7 Å². The summed E-state index contributed by atoms with van der Waals surface area (Å²) in [5, 5.41) is 3.06. The second kappa shape index (κ2) is 8.98. The highest BCUT2D eigenvalue weighted by molar-refractivity contribution is 7.15. The quantitative estimate of drug-likeness (QED) is 0.443. The van der Waals surface area contributed by atoms with Crippen molar-refractivity contribution in [2.75, 3.05) is 18.0 Å². The number of imidazole rings is 1. The van der Waals surface area contributed by atoms with Gasteiger partial charge in [-0.1, -0.05) is 13.0 Å². The number of carbonyl (C=O) groups excluding carboxylic acids is 1. The first-order chi connectivity index (χ1) is 16.0. The second-order valence-corrected chi connectivity index (χ2v) is 10.3. The molecule has 1 aliphatic heterocycles. The molecule has 1 fully saturated rings. The maximum atomic E-state index is 13.2. The molecule has 1 saturated heterocycles. The summed E-state index contributed by atoms with van der Waals surface area (Å²) in [6, 6.07) is 10.2. The van der Waals surface area contributed by atoms with Gasteiger partial charge in [0.15, 0.2) is 5.65 Å². The van der Waals surface area contributed by atoms with Crippen molar-refractivity contribution in [2.24, 2.45) is 5.92 Å². The summed E-state index contributed by atoms with van der Waals surface area (Å²) in [7, 11) is 0. The number of carbonyl (C=O) groups is 1. The van der Waals surface area contributed by atoms with Crippen LogP contribution >= 0.6 is 11.3 Å². The Balaban J connectivity index is 1.51. The van der Waals surface area contributed by atoms with Crippen LogP contribution in [0.25, 0.3) is 16.2 Å². The lowest BCUT2D eigenvalue weighted by Gasteiger charge is -2.32. The highest BCUT2D eigenvalue weighted by Gasteiger charge is 2.22. The molecule has 0 unspecified atom stereocenters. The smallest absolute Gasteiger partial charge is 0.253 e. The van der Waals surface area contributed by atoms with Crippen molar-refractivity contribution in [3.05, 3.63) is 70.6 Å². The molecule has 1 N–H and O–H groups in total. The summed E-state index contributed by atoms with van der Waals surface area (Å²) in [5.74, 6) is 0.641. The molecule has 0 atom stereocenters. The van der Waals surface area contributed by atoms with Crippen LogP contribution in [-0.4, -0.2) is 33.4 Å². The van der Waals surface area contributed by atoms with Crippen LogP contribution in [0.15, 0.2) is 48.9 Å². The maximum Gasteiger partial charge on any atom is 0.253 e. The molecule has 0 aromatic carbocycles. The van der Waals surface area contributed by atoms with Crippen LogP contribution < -0.4 is 10.2 Å². The minimum Gasteiger partial charge on any atom is -0.368 e. The average Bonchev–Trinajstić information content (AvgIpc) is 3.44. The zero-order chi connectivity index (χ0) is 22.9. The van der Waals surface area contributed by atoms with E-state index in [1.807, 2.05) is 43.7 Å². The molecule has 0 aliphatic carbocycles. The van der Waals surface area contributed by atoms with Gasteiger partial charge in [-0.15, -0.1) is 11.3 Å². The molecule has 33 heavy (non-hydrogen) atoms. The van der Waals surface area contributed by atoms with Gasteiger partial charge in [0.05, 0.1) is 28.0 Å². The fourth-order valence-corrected chi connectivity index (χ4v) is 5.19. The summed E-state index contributed by atoms with van der Waals surface area (Å²) in [5.41, 5.74) is 5.55. The molecule has 4 aromatic rings. The Morgan fingerprint density at radius 1 is 1.12 bits per heavy atom. The molecule has 0 bridgehead atoms. The Kier molecular flexibility index (Phi) is 5.89. The predicted molar refractivity (Wildman–Crippen MR) is 134 cm³/mol. The SMILES string of the molecule is Cc1ccc(CNC(=O)c2cc(N3CCC(C)CC3)c3ncc(-c4ccc(C)s4)n3c2)cn1. The van der Waals surface area contributed by atoms with Gasteiger partial charge in [0, 0.05) is 42.6 Å². The van der Waals surface area contributed by atoms with Crippen molar-refractivity contribution < 1.29 is 4.79 Å². The standard InChI is InChI=1S/C26H29N5OS/c1-17-8-10-30(11-9-17)22-12-21(26(32)29-14-20-6-4-18(2)27-13-20)16-31-23(15-28-25(22)31)24-7-5-19(3)33-24/h4-7,12-13,15-17H,8-11,14H2,1-3H3,(H,29,32). The summed E-state index contributed by atoms with van der Waals surface area (Å²) in [6.07, 6.45) is 7.97. The second-order valence-electron chi connectivity index (χ2n) is 9.02. The first-order valence-corrected chi connectivity index (χ1v) is 12.3. The van der Waals surface area contributed by atoms with Gasteiger partial charge in [-0.25, -0.2) is 4.98 Å². The summed E-state index contributed by atoms with van der Waals surface area (Å²) in [6.45, 7) is 8.79. The fraction of sp³-hybridized carbons (Fsp3) is 0.346. The third-order valence-electron chi connectivity index (χ3n) is 6.39. The normalized spacial score (nSPS) is 14.7. The molecule has 1 aliphatic rings. The molecule has 7 heteroatoms. The first-order valence-electron chi connectivity index (χ1n) is 11.5. The Hall–Kier alpha value is -3.19.